The zero-order valence-electron chi connectivity index (χ0n) is 20.4. The summed E-state index contributed by atoms with van der Waals surface area (Å²) in [5.74, 6) is 2.26. The second kappa shape index (κ2) is 9.08. The van der Waals surface area contributed by atoms with E-state index in [9.17, 15) is 0 Å². The zero-order chi connectivity index (χ0) is 23.9. The summed E-state index contributed by atoms with van der Waals surface area (Å²) >= 11 is 0. The van der Waals surface area contributed by atoms with Crippen LogP contribution in [0.5, 0.6) is 0 Å². The van der Waals surface area contributed by atoms with Crippen LogP contribution < -0.4 is 0 Å². The lowest BCUT2D eigenvalue weighted by Gasteiger charge is -2.18. The molecule has 0 N–H and O–H groups in total. The number of rotatable bonds is 6. The van der Waals surface area contributed by atoms with Crippen LogP contribution in [0, 0.1) is 17.8 Å². The van der Waals surface area contributed by atoms with Crippen LogP contribution in [0.15, 0.2) is 115 Å². The van der Waals surface area contributed by atoms with Crippen molar-refractivity contribution in [2.75, 3.05) is 6.61 Å². The monoisotopic (exact) mass is 466 g/mol. The highest BCUT2D eigenvalue weighted by Crippen LogP contribution is 2.44. The van der Waals surface area contributed by atoms with Gasteiger partial charge >= 0.3 is 0 Å². The van der Waals surface area contributed by atoms with Gasteiger partial charge in [0.15, 0.2) is 0 Å². The Morgan fingerprint density at radius 1 is 0.556 bits per heavy atom. The molecule has 1 saturated carbocycles. The molecule has 2 aliphatic rings. The van der Waals surface area contributed by atoms with E-state index in [1.807, 2.05) is 0 Å². The van der Waals surface area contributed by atoms with Crippen LogP contribution in [-0.2, 0) is 11.3 Å². The largest absolute Gasteiger partial charge is 0.376 e. The van der Waals surface area contributed by atoms with E-state index in [4.69, 9.17) is 4.74 Å². The lowest BCUT2D eigenvalue weighted by molar-refractivity contribution is 0.0788. The Balaban J connectivity index is 1.24. The van der Waals surface area contributed by atoms with Crippen molar-refractivity contribution in [2.45, 2.75) is 19.4 Å². The lowest BCUT2D eigenvalue weighted by atomic mass is 9.86. The molecule has 176 valence electrons. The Hall–Kier alpha value is -3.68. The van der Waals surface area contributed by atoms with Crippen molar-refractivity contribution in [1.29, 1.82) is 0 Å². The third kappa shape index (κ3) is 3.75. The Morgan fingerprint density at radius 3 is 1.64 bits per heavy atom. The minimum atomic E-state index is 0.687. The first-order valence-corrected chi connectivity index (χ1v) is 13.2. The number of hydrogen-bond acceptors (Lipinski definition) is 1. The van der Waals surface area contributed by atoms with Crippen LogP contribution in [0.2, 0.25) is 0 Å². The molecule has 0 heterocycles. The van der Waals surface area contributed by atoms with Crippen molar-refractivity contribution in [3.05, 3.63) is 121 Å². The quantitative estimate of drug-likeness (QED) is 0.179. The summed E-state index contributed by atoms with van der Waals surface area (Å²) in [4.78, 5) is 0. The van der Waals surface area contributed by atoms with E-state index in [1.54, 1.807) is 0 Å². The molecule has 0 aliphatic heterocycles. The fraction of sp³-hybridized carbons (Fsp3) is 0.200. The molecule has 0 spiro atoms. The first-order chi connectivity index (χ1) is 17.8. The van der Waals surface area contributed by atoms with Crippen molar-refractivity contribution >= 4 is 21.5 Å². The van der Waals surface area contributed by atoms with Crippen LogP contribution in [-0.4, -0.2) is 6.61 Å². The van der Waals surface area contributed by atoms with E-state index in [2.05, 4.69) is 115 Å². The molecule has 7 rings (SSSR count). The van der Waals surface area contributed by atoms with Crippen LogP contribution >= 0.6 is 0 Å². The highest BCUT2D eigenvalue weighted by molar-refractivity contribution is 6.21. The third-order valence-electron chi connectivity index (χ3n) is 8.25. The predicted molar refractivity (Wildman–Crippen MR) is 151 cm³/mol. The van der Waals surface area contributed by atoms with Gasteiger partial charge in [0.2, 0.25) is 0 Å². The van der Waals surface area contributed by atoms with Gasteiger partial charge in [-0.2, -0.15) is 0 Å². The van der Waals surface area contributed by atoms with Crippen LogP contribution in [0.3, 0.4) is 0 Å². The van der Waals surface area contributed by atoms with Crippen molar-refractivity contribution in [3.8, 4) is 22.3 Å². The summed E-state index contributed by atoms with van der Waals surface area (Å²) in [7, 11) is 0. The number of hydrogen-bond donors (Lipinski definition) is 0. The van der Waals surface area contributed by atoms with Gasteiger partial charge in [-0.15, -0.1) is 0 Å². The third-order valence-corrected chi connectivity index (χ3v) is 8.25. The van der Waals surface area contributed by atoms with E-state index in [-0.39, 0.29) is 0 Å². The average molecular weight is 467 g/mol. The van der Waals surface area contributed by atoms with Gasteiger partial charge in [0, 0.05) is 0 Å². The molecule has 2 bridgehead atoms. The van der Waals surface area contributed by atoms with Crippen molar-refractivity contribution in [2.24, 2.45) is 17.8 Å². The minimum absolute atomic E-state index is 0.687. The average Bonchev–Trinajstić information content (AvgIpc) is 3.56. The first kappa shape index (κ1) is 21.6. The van der Waals surface area contributed by atoms with Crippen LogP contribution in [0.4, 0.5) is 0 Å². The number of fused-ring (bicyclic) bond motifs is 4. The number of allylic oxidation sites excluding steroid dienone is 2. The van der Waals surface area contributed by atoms with Gasteiger partial charge in [0.1, 0.15) is 0 Å². The van der Waals surface area contributed by atoms with Gasteiger partial charge in [-0.1, -0.05) is 115 Å². The Kier molecular flexibility index (Phi) is 5.44. The van der Waals surface area contributed by atoms with Gasteiger partial charge in [-0.3, -0.25) is 0 Å². The lowest BCUT2D eigenvalue weighted by Crippen LogP contribution is -2.14. The molecule has 1 fully saturated rings. The highest BCUT2D eigenvalue weighted by Gasteiger charge is 2.35. The zero-order valence-corrected chi connectivity index (χ0v) is 20.4. The maximum atomic E-state index is 6.17. The van der Waals surface area contributed by atoms with E-state index >= 15 is 0 Å². The molecule has 0 saturated heterocycles. The standard InChI is InChI=1S/C35H30O/c1-2-8-26(9-3-1)34-30-10-4-6-12-32(30)35(33-13-7-5-11-31(33)34)27-17-14-24(15-18-27)22-36-23-29-21-25-16-19-28(29)20-25/h1-19,25,28-29H,20-23H2. The van der Waals surface area contributed by atoms with Gasteiger partial charge < -0.3 is 4.74 Å². The summed E-state index contributed by atoms with van der Waals surface area (Å²) in [5.41, 5.74) is 6.37. The molecule has 3 atom stereocenters. The van der Waals surface area contributed by atoms with E-state index < -0.39 is 0 Å². The highest BCUT2D eigenvalue weighted by atomic mass is 16.5. The van der Waals surface area contributed by atoms with E-state index in [0.717, 1.165) is 18.4 Å². The molecular weight excluding hydrogens is 436 g/mol. The summed E-state index contributed by atoms with van der Waals surface area (Å²) in [6.45, 7) is 1.57. The second-order valence-electron chi connectivity index (χ2n) is 10.5. The SMILES string of the molecule is C1=CC2CC1CC2COCc1ccc(-c2c3ccccc3c(-c3ccccc3)c3ccccc23)cc1. The molecule has 3 unspecified atom stereocenters. The molecule has 36 heavy (non-hydrogen) atoms. The second-order valence-corrected chi connectivity index (χ2v) is 10.5. The van der Waals surface area contributed by atoms with E-state index in [1.165, 1.54) is 62.2 Å². The molecule has 2 aliphatic carbocycles. The van der Waals surface area contributed by atoms with E-state index in [0.29, 0.717) is 12.5 Å². The smallest absolute Gasteiger partial charge is 0.0717 e. The van der Waals surface area contributed by atoms with Gasteiger partial charge in [0.25, 0.3) is 0 Å². The van der Waals surface area contributed by atoms with Gasteiger partial charge in [-0.25, -0.2) is 0 Å². The topological polar surface area (TPSA) is 9.23 Å². The van der Waals surface area contributed by atoms with Crippen molar-refractivity contribution < 1.29 is 4.74 Å². The Labute approximate surface area is 213 Å². The molecule has 5 aromatic carbocycles. The maximum Gasteiger partial charge on any atom is 0.0717 e. The summed E-state index contributed by atoms with van der Waals surface area (Å²) in [6.07, 6.45) is 7.46. The van der Waals surface area contributed by atoms with Crippen molar-refractivity contribution in [1.82, 2.24) is 0 Å². The molecule has 0 aromatic heterocycles. The fourth-order valence-corrected chi connectivity index (χ4v) is 6.54. The van der Waals surface area contributed by atoms with Crippen LogP contribution in [0.25, 0.3) is 43.8 Å². The molecular formula is C35H30O. The molecule has 0 amide bonds. The summed E-state index contributed by atoms with van der Waals surface area (Å²) in [5, 5.41) is 5.18. The fourth-order valence-electron chi connectivity index (χ4n) is 6.54. The van der Waals surface area contributed by atoms with Crippen LogP contribution in [0.1, 0.15) is 18.4 Å². The maximum absolute atomic E-state index is 6.17. The number of ether oxygens (including phenoxy) is 1. The molecule has 1 nitrogen and oxygen atoms in total. The minimum Gasteiger partial charge on any atom is -0.376 e. The molecule has 5 aromatic rings. The van der Waals surface area contributed by atoms with Gasteiger partial charge in [-0.05, 0) is 80.0 Å². The predicted octanol–water partition coefficient (Wildman–Crippen LogP) is 9.06. The number of benzene rings is 5. The first-order valence-electron chi connectivity index (χ1n) is 13.2. The molecule has 1 heteroatoms. The molecule has 0 radical (unpaired) electrons. The summed E-state index contributed by atoms with van der Waals surface area (Å²) in [6, 6.07) is 37.5. The summed E-state index contributed by atoms with van der Waals surface area (Å²) < 4.78 is 6.17. The Bertz CT molecular complexity index is 1510. The Morgan fingerprint density at radius 2 is 1.11 bits per heavy atom. The van der Waals surface area contributed by atoms with Crippen molar-refractivity contribution in [3.63, 3.8) is 0 Å². The van der Waals surface area contributed by atoms with Gasteiger partial charge in [0.05, 0.1) is 13.2 Å². The normalized spacial score (nSPS) is 20.5.